The summed E-state index contributed by atoms with van der Waals surface area (Å²) in [5.41, 5.74) is 0.577. The number of benzene rings is 1. The van der Waals surface area contributed by atoms with Crippen molar-refractivity contribution in [1.29, 1.82) is 0 Å². The third-order valence-corrected chi connectivity index (χ3v) is 3.01. The highest BCUT2D eigenvalue weighted by Crippen LogP contribution is 2.18. The molecule has 0 saturated carbocycles. The van der Waals surface area contributed by atoms with Gasteiger partial charge in [-0.15, -0.1) is 0 Å². The second-order valence-corrected chi connectivity index (χ2v) is 4.23. The Bertz CT molecular complexity index is 557. The summed E-state index contributed by atoms with van der Waals surface area (Å²) >= 11 is 0. The first-order valence-corrected chi connectivity index (χ1v) is 5.92. The fourth-order valence-electron chi connectivity index (χ4n) is 1.84. The summed E-state index contributed by atoms with van der Waals surface area (Å²) in [5, 5.41) is 2.60. The lowest BCUT2D eigenvalue weighted by Gasteiger charge is -2.16. The van der Waals surface area contributed by atoms with E-state index in [2.05, 4.69) is 10.1 Å². The van der Waals surface area contributed by atoms with Gasteiger partial charge in [-0.3, -0.25) is 9.69 Å². The zero-order chi connectivity index (χ0) is 14.7. The normalized spacial score (nSPS) is 17.6. The number of carbonyl (C=O) groups is 3. The molecule has 1 heterocycles. The van der Waals surface area contributed by atoms with Crippen molar-refractivity contribution in [2.24, 2.45) is 0 Å². The van der Waals surface area contributed by atoms with E-state index in [9.17, 15) is 14.4 Å². The average molecular weight is 278 g/mol. The quantitative estimate of drug-likeness (QED) is 0.829. The highest BCUT2D eigenvalue weighted by Gasteiger charge is 2.35. The van der Waals surface area contributed by atoms with Gasteiger partial charge in [-0.2, -0.15) is 0 Å². The minimum atomic E-state index is -0.715. The van der Waals surface area contributed by atoms with E-state index in [1.165, 1.54) is 19.1 Å². The first kappa shape index (κ1) is 13.9. The van der Waals surface area contributed by atoms with Crippen molar-refractivity contribution in [3.8, 4) is 0 Å². The topological polar surface area (TPSA) is 84.9 Å². The van der Waals surface area contributed by atoms with E-state index >= 15 is 0 Å². The van der Waals surface area contributed by atoms with Crippen LogP contribution < -0.4 is 5.32 Å². The summed E-state index contributed by atoms with van der Waals surface area (Å²) in [5.74, 6) is -0.970. The number of ether oxygens (including phenoxy) is 2. The molecule has 1 aromatic rings. The van der Waals surface area contributed by atoms with Gasteiger partial charge in [0.2, 0.25) is 0 Å². The van der Waals surface area contributed by atoms with Gasteiger partial charge in [-0.1, -0.05) is 12.1 Å². The predicted octanol–water partition coefficient (Wildman–Crippen LogP) is 0.862. The molecular weight excluding hydrogens is 264 g/mol. The Morgan fingerprint density at radius 2 is 2.10 bits per heavy atom. The molecule has 2 amide bonds. The molecule has 7 heteroatoms. The maximum atomic E-state index is 12.1. The highest BCUT2D eigenvalue weighted by atomic mass is 16.6. The van der Waals surface area contributed by atoms with Crippen LogP contribution in [-0.4, -0.2) is 49.7 Å². The number of esters is 1. The van der Waals surface area contributed by atoms with E-state index in [1.807, 2.05) is 0 Å². The van der Waals surface area contributed by atoms with E-state index in [1.54, 1.807) is 24.3 Å². The summed E-state index contributed by atoms with van der Waals surface area (Å²) in [4.78, 5) is 36.1. The van der Waals surface area contributed by atoms with Crippen molar-refractivity contribution >= 4 is 23.7 Å². The van der Waals surface area contributed by atoms with Crippen LogP contribution in [0.2, 0.25) is 0 Å². The highest BCUT2D eigenvalue weighted by molar-refractivity contribution is 6.03. The van der Waals surface area contributed by atoms with Gasteiger partial charge in [0.1, 0.15) is 12.6 Å². The summed E-state index contributed by atoms with van der Waals surface area (Å²) < 4.78 is 9.41. The van der Waals surface area contributed by atoms with Crippen molar-refractivity contribution in [2.45, 2.75) is 6.04 Å². The van der Waals surface area contributed by atoms with Crippen molar-refractivity contribution in [3.63, 3.8) is 0 Å². The lowest BCUT2D eigenvalue weighted by atomic mass is 10.1. The fourth-order valence-corrected chi connectivity index (χ4v) is 1.84. The number of hydrogen-bond acceptors (Lipinski definition) is 5. The first-order chi connectivity index (χ1) is 9.54. The monoisotopic (exact) mass is 278 g/mol. The Morgan fingerprint density at radius 1 is 1.40 bits per heavy atom. The number of para-hydroxylation sites is 1. The summed E-state index contributed by atoms with van der Waals surface area (Å²) in [6.07, 6.45) is -0.550. The van der Waals surface area contributed by atoms with E-state index in [0.29, 0.717) is 5.69 Å². The Hall–Kier alpha value is -2.57. The molecule has 1 aliphatic rings. The molecule has 7 nitrogen and oxygen atoms in total. The summed E-state index contributed by atoms with van der Waals surface area (Å²) in [6.45, 7) is -0.0123. The molecule has 1 unspecified atom stereocenters. The van der Waals surface area contributed by atoms with Crippen LogP contribution in [0.1, 0.15) is 10.4 Å². The average Bonchev–Trinajstić information content (AvgIpc) is 2.79. The first-order valence-electron chi connectivity index (χ1n) is 5.92. The standard InChI is InChI=1S/C13H14N2O5/c1-15-10(7-20-13(15)18)11(16)14-9-6-4-3-5-8(9)12(17)19-2/h3-6,10H,7H2,1-2H3,(H,14,16). The van der Waals surface area contributed by atoms with Crippen LogP contribution in [0.3, 0.4) is 0 Å². The van der Waals surface area contributed by atoms with Gasteiger partial charge < -0.3 is 14.8 Å². The number of cyclic esters (lactones) is 1. The SMILES string of the molecule is COC(=O)c1ccccc1NC(=O)C1COC(=O)N1C. The molecule has 0 bridgehead atoms. The van der Waals surface area contributed by atoms with E-state index in [0.717, 1.165) is 0 Å². The van der Waals surface area contributed by atoms with Crippen LogP contribution in [-0.2, 0) is 14.3 Å². The van der Waals surface area contributed by atoms with Crippen molar-refractivity contribution in [1.82, 2.24) is 4.90 Å². The molecule has 0 spiro atoms. The van der Waals surface area contributed by atoms with Crippen LogP contribution in [0, 0.1) is 0 Å². The zero-order valence-corrected chi connectivity index (χ0v) is 11.1. The lowest BCUT2D eigenvalue weighted by Crippen LogP contribution is -2.40. The third-order valence-electron chi connectivity index (χ3n) is 3.01. The molecule has 20 heavy (non-hydrogen) atoms. The minimum Gasteiger partial charge on any atom is -0.465 e. The number of anilines is 1. The maximum Gasteiger partial charge on any atom is 0.410 e. The van der Waals surface area contributed by atoms with Crippen molar-refractivity contribution in [2.75, 3.05) is 26.1 Å². The number of hydrogen-bond donors (Lipinski definition) is 1. The Balaban J connectivity index is 2.16. The number of carbonyl (C=O) groups excluding carboxylic acids is 3. The number of methoxy groups -OCH3 is 1. The Morgan fingerprint density at radius 3 is 2.70 bits per heavy atom. The Kier molecular flexibility index (Phi) is 3.88. The molecule has 1 aliphatic heterocycles. The molecule has 1 saturated heterocycles. The third kappa shape index (κ3) is 2.56. The molecule has 0 aliphatic carbocycles. The molecule has 1 N–H and O–H groups in total. The number of nitrogens with one attached hydrogen (secondary N) is 1. The van der Waals surface area contributed by atoms with Crippen LogP contribution >= 0.6 is 0 Å². The van der Waals surface area contributed by atoms with Gasteiger partial charge in [-0.05, 0) is 12.1 Å². The number of amides is 2. The van der Waals surface area contributed by atoms with Gasteiger partial charge in [0.25, 0.3) is 5.91 Å². The van der Waals surface area contributed by atoms with Crippen LogP contribution in [0.25, 0.3) is 0 Å². The van der Waals surface area contributed by atoms with Crippen LogP contribution in [0.15, 0.2) is 24.3 Å². The number of nitrogens with zero attached hydrogens (tertiary/aromatic N) is 1. The van der Waals surface area contributed by atoms with E-state index in [-0.39, 0.29) is 12.2 Å². The van der Waals surface area contributed by atoms with Crippen molar-refractivity contribution < 1.29 is 23.9 Å². The van der Waals surface area contributed by atoms with E-state index in [4.69, 9.17) is 4.74 Å². The minimum absolute atomic E-state index is 0.0123. The lowest BCUT2D eigenvalue weighted by molar-refractivity contribution is -0.119. The summed E-state index contributed by atoms with van der Waals surface area (Å²) in [6, 6.07) is 5.76. The van der Waals surface area contributed by atoms with Gasteiger partial charge in [-0.25, -0.2) is 9.59 Å². The molecule has 1 aromatic carbocycles. The molecule has 0 radical (unpaired) electrons. The van der Waals surface area contributed by atoms with Gasteiger partial charge >= 0.3 is 12.1 Å². The van der Waals surface area contributed by atoms with Crippen molar-refractivity contribution in [3.05, 3.63) is 29.8 Å². The second-order valence-electron chi connectivity index (χ2n) is 4.23. The molecule has 106 valence electrons. The van der Waals surface area contributed by atoms with Gasteiger partial charge in [0.15, 0.2) is 0 Å². The number of likely N-dealkylation sites (N-methyl/N-ethyl adjacent to an activating group) is 1. The Labute approximate surface area is 115 Å². The molecule has 0 aromatic heterocycles. The number of rotatable bonds is 3. The molecule has 2 rings (SSSR count). The fraction of sp³-hybridized carbons (Fsp3) is 0.308. The largest absolute Gasteiger partial charge is 0.465 e. The smallest absolute Gasteiger partial charge is 0.410 e. The molecule has 1 atom stereocenters. The van der Waals surface area contributed by atoms with Crippen LogP contribution in [0.4, 0.5) is 10.5 Å². The molecule has 1 fully saturated rings. The maximum absolute atomic E-state index is 12.1. The van der Waals surface area contributed by atoms with Gasteiger partial charge in [0.05, 0.1) is 18.4 Å². The van der Waals surface area contributed by atoms with Gasteiger partial charge in [0, 0.05) is 7.05 Å². The van der Waals surface area contributed by atoms with Crippen LogP contribution in [0.5, 0.6) is 0 Å². The van der Waals surface area contributed by atoms with E-state index < -0.39 is 24.0 Å². The molecular formula is C13H14N2O5. The predicted molar refractivity (Wildman–Crippen MR) is 69.3 cm³/mol. The second kappa shape index (κ2) is 5.60. The zero-order valence-electron chi connectivity index (χ0n) is 11.1. The summed E-state index contributed by atoms with van der Waals surface area (Å²) in [7, 11) is 2.74.